The molecule has 0 fully saturated rings. The maximum Gasteiger partial charge on any atom is 0.308 e. The molecule has 0 saturated heterocycles. The summed E-state index contributed by atoms with van der Waals surface area (Å²) in [5.74, 6) is 0.971. The average Bonchev–Trinajstić information content (AvgIpc) is 2.53. The van der Waals surface area contributed by atoms with E-state index >= 15 is 0 Å². The Labute approximate surface area is 137 Å². The Morgan fingerprint density at radius 1 is 0.952 bits per heavy atom. The molecule has 2 aromatic rings. The third-order valence-electron chi connectivity index (χ3n) is 2.82. The van der Waals surface area contributed by atoms with Crippen LogP contribution in [0, 0.1) is 0 Å². The molecule has 0 aliphatic heterocycles. The zero-order valence-corrected chi connectivity index (χ0v) is 14.0. The van der Waals surface area contributed by atoms with Gasteiger partial charge in [0.15, 0.2) is 5.76 Å². The van der Waals surface area contributed by atoms with Gasteiger partial charge in [0, 0.05) is 12.5 Å². The minimum Gasteiger partial charge on any atom is -0.497 e. The number of carbonyl (C=O) groups is 1. The zero-order chi connectivity index (χ0) is 15.2. The van der Waals surface area contributed by atoms with Gasteiger partial charge in [0.1, 0.15) is 5.75 Å². The molecule has 2 aromatic carbocycles. The van der Waals surface area contributed by atoms with Gasteiger partial charge in [-0.1, -0.05) is 30.3 Å². The molecule has 0 radical (unpaired) electrons. The van der Waals surface area contributed by atoms with E-state index in [4.69, 9.17) is 9.47 Å². The van der Waals surface area contributed by atoms with E-state index in [9.17, 15) is 4.79 Å². The fourth-order valence-electron chi connectivity index (χ4n) is 1.83. The van der Waals surface area contributed by atoms with Crippen LogP contribution in [0.2, 0.25) is 0 Å². The summed E-state index contributed by atoms with van der Waals surface area (Å²) in [6, 6.07) is 17.2. The molecule has 0 unspecified atom stereocenters. The Morgan fingerprint density at radius 3 is 2.10 bits per heavy atom. The molecule has 0 amide bonds. The van der Waals surface area contributed by atoms with Crippen LogP contribution in [0.4, 0.5) is 0 Å². The zero-order valence-electron chi connectivity index (χ0n) is 11.8. The largest absolute Gasteiger partial charge is 0.497 e. The average molecular weight is 394 g/mol. The number of ether oxygens (including phenoxy) is 2. The molecule has 0 N–H and O–H groups in total. The smallest absolute Gasteiger partial charge is 0.308 e. The monoisotopic (exact) mass is 394 g/mol. The van der Waals surface area contributed by atoms with Gasteiger partial charge in [-0.15, -0.1) is 0 Å². The van der Waals surface area contributed by atoms with Gasteiger partial charge in [-0.25, -0.2) is 0 Å². The van der Waals surface area contributed by atoms with E-state index in [1.165, 1.54) is 6.92 Å². The van der Waals surface area contributed by atoms with Crippen LogP contribution in [0.1, 0.15) is 18.1 Å². The maximum atomic E-state index is 11.4. The standard InChI is InChI=1S/C17H15IO3/c1-12(19)21-17(14-8-10-15(20-2)11-9-14)16(18)13-6-4-3-5-7-13/h3-11H,1-2H3/b17-16-. The lowest BCUT2D eigenvalue weighted by Crippen LogP contribution is -2.00. The molecule has 0 atom stereocenters. The fraction of sp³-hybridized carbons (Fsp3) is 0.118. The van der Waals surface area contributed by atoms with E-state index in [1.54, 1.807) is 7.11 Å². The van der Waals surface area contributed by atoms with Gasteiger partial charge < -0.3 is 9.47 Å². The van der Waals surface area contributed by atoms with Crippen LogP contribution in [-0.2, 0) is 9.53 Å². The number of carbonyl (C=O) groups excluding carboxylic acids is 1. The van der Waals surface area contributed by atoms with Crippen molar-refractivity contribution in [3.05, 3.63) is 65.7 Å². The topological polar surface area (TPSA) is 35.5 Å². The van der Waals surface area contributed by atoms with Crippen molar-refractivity contribution >= 4 is 37.9 Å². The molecule has 2 rings (SSSR count). The first-order chi connectivity index (χ1) is 10.1. The SMILES string of the molecule is COc1ccc(/C(OC(C)=O)=C(/I)c2ccccc2)cc1. The summed E-state index contributed by atoms with van der Waals surface area (Å²) in [7, 11) is 1.62. The van der Waals surface area contributed by atoms with E-state index in [1.807, 2.05) is 54.6 Å². The first-order valence-corrected chi connectivity index (χ1v) is 7.47. The van der Waals surface area contributed by atoms with Crippen molar-refractivity contribution in [3.63, 3.8) is 0 Å². The second-order valence-electron chi connectivity index (χ2n) is 4.33. The summed E-state index contributed by atoms with van der Waals surface area (Å²) in [6.07, 6.45) is 0. The lowest BCUT2D eigenvalue weighted by molar-refractivity contribution is -0.134. The minimum atomic E-state index is -0.342. The molecule has 21 heavy (non-hydrogen) atoms. The Kier molecular flexibility index (Phi) is 5.38. The van der Waals surface area contributed by atoms with Crippen LogP contribution < -0.4 is 4.74 Å². The summed E-state index contributed by atoms with van der Waals surface area (Å²) >= 11 is 2.20. The van der Waals surface area contributed by atoms with Crippen molar-refractivity contribution in [2.24, 2.45) is 0 Å². The predicted octanol–water partition coefficient (Wildman–Crippen LogP) is 4.52. The van der Waals surface area contributed by atoms with E-state index in [2.05, 4.69) is 22.6 Å². The summed E-state index contributed by atoms with van der Waals surface area (Å²) in [6.45, 7) is 1.40. The van der Waals surface area contributed by atoms with Gasteiger partial charge in [-0.3, -0.25) is 4.79 Å². The lowest BCUT2D eigenvalue weighted by atomic mass is 10.1. The fourth-order valence-corrected chi connectivity index (χ4v) is 2.61. The van der Waals surface area contributed by atoms with Crippen molar-refractivity contribution in [1.82, 2.24) is 0 Å². The van der Waals surface area contributed by atoms with Crippen molar-refractivity contribution < 1.29 is 14.3 Å². The maximum absolute atomic E-state index is 11.4. The van der Waals surface area contributed by atoms with Gasteiger partial charge in [0.2, 0.25) is 0 Å². The van der Waals surface area contributed by atoms with Crippen LogP contribution in [0.25, 0.3) is 9.34 Å². The normalized spacial score (nSPS) is 11.6. The summed E-state index contributed by atoms with van der Waals surface area (Å²) in [5.41, 5.74) is 1.84. The number of hydrogen-bond acceptors (Lipinski definition) is 3. The van der Waals surface area contributed by atoms with Crippen LogP contribution >= 0.6 is 22.6 Å². The molecule has 0 heterocycles. The number of hydrogen-bond donors (Lipinski definition) is 0. The van der Waals surface area contributed by atoms with Crippen molar-refractivity contribution in [2.45, 2.75) is 6.92 Å². The highest BCUT2D eigenvalue weighted by molar-refractivity contribution is 14.1. The third kappa shape index (κ3) is 4.07. The first-order valence-electron chi connectivity index (χ1n) is 6.40. The molecular formula is C17H15IO3. The molecule has 4 heteroatoms. The number of halogens is 1. The first kappa shape index (κ1) is 15.6. The van der Waals surface area contributed by atoms with Gasteiger partial charge in [0.05, 0.1) is 10.7 Å². The highest BCUT2D eigenvalue weighted by atomic mass is 127. The quantitative estimate of drug-likeness (QED) is 0.331. The molecular weight excluding hydrogens is 379 g/mol. The highest BCUT2D eigenvalue weighted by Gasteiger charge is 2.13. The Morgan fingerprint density at radius 2 is 1.57 bits per heavy atom. The van der Waals surface area contributed by atoms with Gasteiger partial charge in [0.25, 0.3) is 0 Å². The highest BCUT2D eigenvalue weighted by Crippen LogP contribution is 2.33. The lowest BCUT2D eigenvalue weighted by Gasteiger charge is -2.12. The predicted molar refractivity (Wildman–Crippen MR) is 92.0 cm³/mol. The van der Waals surface area contributed by atoms with E-state index in [0.29, 0.717) is 5.76 Å². The number of benzene rings is 2. The Balaban J connectivity index is 2.49. The molecule has 0 spiro atoms. The van der Waals surface area contributed by atoms with Crippen LogP contribution in [0.3, 0.4) is 0 Å². The Bertz CT molecular complexity index is 645. The number of methoxy groups -OCH3 is 1. The van der Waals surface area contributed by atoms with E-state index in [0.717, 1.165) is 20.5 Å². The van der Waals surface area contributed by atoms with E-state index in [-0.39, 0.29) is 5.97 Å². The second kappa shape index (κ2) is 7.26. The molecule has 3 nitrogen and oxygen atoms in total. The molecule has 0 aliphatic carbocycles. The van der Waals surface area contributed by atoms with Gasteiger partial charge in [-0.05, 0) is 52.4 Å². The number of esters is 1. The van der Waals surface area contributed by atoms with Gasteiger partial charge in [-0.2, -0.15) is 0 Å². The summed E-state index contributed by atoms with van der Waals surface area (Å²) in [4.78, 5) is 11.4. The number of rotatable bonds is 4. The minimum absolute atomic E-state index is 0.342. The molecule has 0 saturated carbocycles. The summed E-state index contributed by atoms with van der Waals surface area (Å²) < 4.78 is 11.5. The van der Waals surface area contributed by atoms with E-state index < -0.39 is 0 Å². The van der Waals surface area contributed by atoms with Crippen molar-refractivity contribution in [3.8, 4) is 5.75 Å². The molecule has 0 bridgehead atoms. The van der Waals surface area contributed by atoms with Crippen molar-refractivity contribution in [2.75, 3.05) is 7.11 Å². The van der Waals surface area contributed by atoms with Crippen LogP contribution in [0.5, 0.6) is 5.75 Å². The molecule has 108 valence electrons. The molecule has 0 aliphatic rings. The van der Waals surface area contributed by atoms with Crippen LogP contribution in [-0.4, -0.2) is 13.1 Å². The Hall–Kier alpha value is -1.82. The second-order valence-corrected chi connectivity index (χ2v) is 5.41. The third-order valence-corrected chi connectivity index (χ3v) is 3.94. The molecule has 0 aromatic heterocycles. The summed E-state index contributed by atoms with van der Waals surface area (Å²) in [5, 5.41) is 0. The van der Waals surface area contributed by atoms with Gasteiger partial charge >= 0.3 is 5.97 Å². The van der Waals surface area contributed by atoms with Crippen molar-refractivity contribution in [1.29, 1.82) is 0 Å². The van der Waals surface area contributed by atoms with Crippen LogP contribution in [0.15, 0.2) is 54.6 Å².